The Morgan fingerprint density at radius 1 is 1.39 bits per heavy atom. The molecule has 0 amide bonds. The Morgan fingerprint density at radius 3 is 2.78 bits per heavy atom. The van der Waals surface area contributed by atoms with Crippen molar-refractivity contribution in [1.82, 2.24) is 0 Å². The van der Waals surface area contributed by atoms with E-state index in [1.54, 1.807) is 36.4 Å². The van der Waals surface area contributed by atoms with Crippen molar-refractivity contribution in [2.75, 3.05) is 0 Å². The molecule has 1 aliphatic carbocycles. The van der Waals surface area contributed by atoms with E-state index in [0.717, 1.165) is 0 Å². The monoisotopic (exact) mass is 340 g/mol. The summed E-state index contributed by atoms with van der Waals surface area (Å²) in [5.74, 6) is 5.67. The van der Waals surface area contributed by atoms with E-state index in [0.29, 0.717) is 11.1 Å². The molecule has 1 aliphatic rings. The fourth-order valence-electron chi connectivity index (χ4n) is 1.89. The molecule has 0 atom stereocenters. The second kappa shape index (κ2) is 9.79. The summed E-state index contributed by atoms with van der Waals surface area (Å²) in [5, 5.41) is 12.3. The van der Waals surface area contributed by atoms with Crippen molar-refractivity contribution in [3.8, 4) is 0 Å². The zero-order valence-corrected chi connectivity index (χ0v) is 15.7. The number of hydrogen-bond donors (Lipinski definition) is 1. The third-order valence-corrected chi connectivity index (χ3v) is 3.02. The molecule has 2 N–H and O–H groups in total. The SMILES string of the molecule is [K+].[NH-]/N=C(\OCc1ccccc1F)C1=CC=CCC(C(=O)O)=C1. The minimum atomic E-state index is -1.05. The van der Waals surface area contributed by atoms with Crippen LogP contribution >= 0.6 is 0 Å². The van der Waals surface area contributed by atoms with Crippen LogP contribution in [0.25, 0.3) is 5.84 Å². The number of ether oxygens (including phenoxy) is 1. The molecule has 0 unspecified atom stereocenters. The third kappa shape index (κ3) is 5.71. The molecule has 0 aromatic heterocycles. The molecule has 23 heavy (non-hydrogen) atoms. The van der Waals surface area contributed by atoms with Gasteiger partial charge >= 0.3 is 57.4 Å². The summed E-state index contributed by atoms with van der Waals surface area (Å²) in [4.78, 5) is 11.1. The third-order valence-electron chi connectivity index (χ3n) is 3.02. The Morgan fingerprint density at radius 2 is 2.13 bits per heavy atom. The number of halogens is 1. The van der Waals surface area contributed by atoms with Crippen LogP contribution < -0.4 is 51.4 Å². The number of nitrogens with zero attached hydrogens (tertiary/aromatic N) is 1. The number of carbonyl (C=O) groups is 1. The first-order chi connectivity index (χ1) is 10.6. The van der Waals surface area contributed by atoms with Gasteiger partial charge in [-0.25, -0.2) is 9.18 Å². The van der Waals surface area contributed by atoms with Crippen LogP contribution in [-0.4, -0.2) is 17.0 Å². The van der Waals surface area contributed by atoms with Gasteiger partial charge < -0.3 is 20.8 Å². The Bertz CT molecular complexity index is 696. The van der Waals surface area contributed by atoms with E-state index in [-0.39, 0.29) is 75.9 Å². The Balaban J connectivity index is 0.00000264. The minimum absolute atomic E-state index is 0. The van der Waals surface area contributed by atoms with Crippen LogP contribution in [0.15, 0.2) is 64.8 Å². The summed E-state index contributed by atoms with van der Waals surface area (Å²) in [6.07, 6.45) is 6.63. The van der Waals surface area contributed by atoms with E-state index >= 15 is 0 Å². The van der Waals surface area contributed by atoms with Crippen LogP contribution in [0.1, 0.15) is 12.0 Å². The average molecular weight is 340 g/mol. The van der Waals surface area contributed by atoms with Gasteiger partial charge in [-0.15, -0.1) is 0 Å². The summed E-state index contributed by atoms with van der Waals surface area (Å²) in [5.41, 5.74) is 0.851. The number of carboxylic acids is 1. The van der Waals surface area contributed by atoms with E-state index in [2.05, 4.69) is 5.10 Å². The Kier molecular flexibility index (Phi) is 8.42. The zero-order valence-electron chi connectivity index (χ0n) is 12.6. The topological polar surface area (TPSA) is 82.7 Å². The fraction of sp³-hybridized carbons (Fsp3) is 0.125. The van der Waals surface area contributed by atoms with Crippen molar-refractivity contribution < 1.29 is 70.4 Å². The van der Waals surface area contributed by atoms with Crippen LogP contribution in [-0.2, 0) is 16.1 Å². The normalized spacial score (nSPS) is 14.2. The second-order valence-corrected chi connectivity index (χ2v) is 4.53. The van der Waals surface area contributed by atoms with Gasteiger partial charge in [0.25, 0.3) is 0 Å². The molecular formula is C16H14FKN2O3. The predicted octanol–water partition coefficient (Wildman–Crippen LogP) is 0.609. The van der Waals surface area contributed by atoms with E-state index in [1.165, 1.54) is 12.1 Å². The molecule has 0 saturated heterocycles. The van der Waals surface area contributed by atoms with Gasteiger partial charge in [0.15, 0.2) is 0 Å². The molecule has 7 heteroatoms. The van der Waals surface area contributed by atoms with Gasteiger partial charge in [-0.05, 0) is 24.6 Å². The molecule has 0 radical (unpaired) electrons. The smallest absolute Gasteiger partial charge is 0.613 e. The predicted molar refractivity (Wildman–Crippen MR) is 80.5 cm³/mol. The molecule has 0 heterocycles. The molecule has 1 aromatic rings. The number of rotatable bonds is 4. The van der Waals surface area contributed by atoms with Gasteiger partial charge in [-0.1, -0.05) is 30.4 Å². The number of hydrogen-bond acceptors (Lipinski definition) is 3. The van der Waals surface area contributed by atoms with Gasteiger partial charge in [-0.3, -0.25) is 0 Å². The van der Waals surface area contributed by atoms with Crippen molar-refractivity contribution in [2.24, 2.45) is 5.10 Å². The van der Waals surface area contributed by atoms with Crippen LogP contribution in [0.4, 0.5) is 4.39 Å². The van der Waals surface area contributed by atoms with Gasteiger partial charge in [0.1, 0.15) is 12.4 Å². The van der Waals surface area contributed by atoms with Gasteiger partial charge in [0.2, 0.25) is 5.90 Å². The number of nitrogens with one attached hydrogen (secondary N) is 1. The van der Waals surface area contributed by atoms with E-state index in [4.69, 9.17) is 15.7 Å². The van der Waals surface area contributed by atoms with Crippen LogP contribution in [0.5, 0.6) is 0 Å². The summed E-state index contributed by atoms with van der Waals surface area (Å²) in [6, 6.07) is 6.12. The van der Waals surface area contributed by atoms with Crippen molar-refractivity contribution in [3.63, 3.8) is 0 Å². The first-order valence-corrected chi connectivity index (χ1v) is 6.53. The van der Waals surface area contributed by atoms with Crippen LogP contribution in [0.3, 0.4) is 0 Å². The molecule has 0 spiro atoms. The van der Waals surface area contributed by atoms with Gasteiger partial charge in [-0.2, -0.15) is 0 Å². The maximum Gasteiger partial charge on any atom is 1.00 e. The second-order valence-electron chi connectivity index (χ2n) is 4.53. The minimum Gasteiger partial charge on any atom is -0.613 e. The fourth-order valence-corrected chi connectivity index (χ4v) is 1.89. The van der Waals surface area contributed by atoms with Gasteiger partial charge in [0, 0.05) is 16.7 Å². The molecule has 0 aliphatic heterocycles. The molecule has 0 fully saturated rings. The largest absolute Gasteiger partial charge is 1.00 e. The maximum absolute atomic E-state index is 13.5. The van der Waals surface area contributed by atoms with Crippen molar-refractivity contribution in [3.05, 3.63) is 76.9 Å². The summed E-state index contributed by atoms with van der Waals surface area (Å²) in [6.45, 7) is -0.0955. The Hall–Kier alpha value is -1.25. The van der Waals surface area contributed by atoms with E-state index in [1.807, 2.05) is 0 Å². The zero-order chi connectivity index (χ0) is 15.9. The van der Waals surface area contributed by atoms with E-state index in [9.17, 15) is 9.18 Å². The summed E-state index contributed by atoms with van der Waals surface area (Å²) < 4.78 is 18.9. The van der Waals surface area contributed by atoms with Crippen LogP contribution in [0, 0.1) is 5.82 Å². The molecular weight excluding hydrogens is 326 g/mol. The van der Waals surface area contributed by atoms with Crippen molar-refractivity contribution >= 4 is 11.9 Å². The van der Waals surface area contributed by atoms with Crippen molar-refractivity contribution in [2.45, 2.75) is 13.0 Å². The molecule has 1 aromatic carbocycles. The van der Waals surface area contributed by atoms with Crippen molar-refractivity contribution in [1.29, 1.82) is 0 Å². The maximum atomic E-state index is 13.5. The molecule has 5 nitrogen and oxygen atoms in total. The van der Waals surface area contributed by atoms with E-state index < -0.39 is 11.8 Å². The quantitative estimate of drug-likeness (QED) is 0.377. The number of benzene rings is 1. The standard InChI is InChI=1S/C16H14FN2O3.K/c17-14-8-4-3-7-13(14)10-22-15(19-18)11-5-1-2-6-12(9-11)16(20)21;/h1-5,7-9,18H,6,10H2,(H,20,21);/q-1;+1/b19-15-;. The average Bonchev–Trinajstić information content (AvgIpc) is 2.76. The summed E-state index contributed by atoms with van der Waals surface area (Å²) >= 11 is 0. The van der Waals surface area contributed by atoms with Gasteiger partial charge in [0.05, 0.1) is 0 Å². The Labute approximate surface area is 175 Å². The number of allylic oxidation sites excluding steroid dienone is 3. The first-order valence-electron chi connectivity index (χ1n) is 6.53. The molecule has 2 rings (SSSR count). The van der Waals surface area contributed by atoms with Crippen LogP contribution in [0.2, 0.25) is 0 Å². The molecule has 0 bridgehead atoms. The first kappa shape index (κ1) is 19.8. The summed E-state index contributed by atoms with van der Waals surface area (Å²) in [7, 11) is 0. The number of aliphatic carboxylic acids is 1. The molecule has 114 valence electrons. The molecule has 0 saturated carbocycles. The number of carboxylic acid groups (broad SMARTS) is 1.